The lowest BCUT2D eigenvalue weighted by atomic mass is 9.93. The highest BCUT2D eigenvalue weighted by molar-refractivity contribution is 7.98. The first kappa shape index (κ1) is 29.6. The van der Waals surface area contributed by atoms with Crippen LogP contribution in [-0.2, 0) is 16.1 Å². The van der Waals surface area contributed by atoms with Gasteiger partial charge in [0.15, 0.2) is 0 Å². The van der Waals surface area contributed by atoms with Crippen LogP contribution in [0.5, 0.6) is 5.75 Å². The number of amides is 1. The molecule has 3 aromatic carbocycles. The minimum atomic E-state index is -1.03. The maximum absolute atomic E-state index is 13.4. The second kappa shape index (κ2) is 14.3. The zero-order valence-corrected chi connectivity index (χ0v) is 24.2. The molecule has 0 spiro atoms. The molecule has 1 fully saturated rings. The molecule has 7 nitrogen and oxygen atoms in total. The van der Waals surface area contributed by atoms with Gasteiger partial charge in [-0.05, 0) is 71.9 Å². The molecular weight excluding hydrogens is 524 g/mol. The number of nitrogens with zero attached hydrogens (tertiary/aromatic N) is 1. The SMILES string of the molecule is COCC1CC(Oc2ccccc2)CN1Cc1ccc(C(=O)NC(CCSC)C(=O)O)c(-c2ccccc2C)c1. The Morgan fingerprint density at radius 3 is 2.52 bits per heavy atom. The minimum absolute atomic E-state index is 0.0534. The number of likely N-dealkylation sites (tertiary alicyclic amines) is 1. The fourth-order valence-corrected chi connectivity index (χ4v) is 5.69. The fourth-order valence-electron chi connectivity index (χ4n) is 5.22. The zero-order valence-electron chi connectivity index (χ0n) is 23.3. The van der Waals surface area contributed by atoms with E-state index in [0.717, 1.165) is 41.0 Å². The predicted octanol–water partition coefficient (Wildman–Crippen LogP) is 5.27. The molecule has 1 saturated heterocycles. The van der Waals surface area contributed by atoms with Gasteiger partial charge >= 0.3 is 5.97 Å². The van der Waals surface area contributed by atoms with Crippen molar-refractivity contribution >= 4 is 23.6 Å². The highest BCUT2D eigenvalue weighted by atomic mass is 32.2. The Labute approximate surface area is 240 Å². The summed E-state index contributed by atoms with van der Waals surface area (Å²) < 4.78 is 11.8. The molecule has 1 amide bonds. The van der Waals surface area contributed by atoms with Crippen LogP contribution in [0, 0.1) is 6.92 Å². The van der Waals surface area contributed by atoms with Crippen molar-refractivity contribution in [3.05, 3.63) is 89.5 Å². The van der Waals surface area contributed by atoms with E-state index in [-0.39, 0.29) is 18.1 Å². The van der Waals surface area contributed by atoms with E-state index < -0.39 is 12.0 Å². The maximum Gasteiger partial charge on any atom is 0.326 e. The smallest absolute Gasteiger partial charge is 0.326 e. The van der Waals surface area contributed by atoms with Crippen molar-refractivity contribution in [2.45, 2.75) is 44.5 Å². The van der Waals surface area contributed by atoms with Crippen LogP contribution in [0.25, 0.3) is 11.1 Å². The molecule has 0 radical (unpaired) electrons. The molecule has 4 rings (SSSR count). The lowest BCUT2D eigenvalue weighted by Crippen LogP contribution is -2.41. The van der Waals surface area contributed by atoms with Gasteiger partial charge in [0.1, 0.15) is 17.9 Å². The summed E-state index contributed by atoms with van der Waals surface area (Å²) in [5.74, 6) is 0.101. The number of ether oxygens (including phenoxy) is 2. The van der Waals surface area contributed by atoms with Crippen LogP contribution in [0.15, 0.2) is 72.8 Å². The van der Waals surface area contributed by atoms with Gasteiger partial charge in [0.25, 0.3) is 5.91 Å². The highest BCUT2D eigenvalue weighted by Gasteiger charge is 2.33. The Morgan fingerprint density at radius 2 is 1.82 bits per heavy atom. The number of methoxy groups -OCH3 is 1. The first-order chi connectivity index (χ1) is 19.4. The van der Waals surface area contributed by atoms with E-state index in [2.05, 4.69) is 16.3 Å². The number of carboxylic acid groups (broad SMARTS) is 1. The molecule has 3 atom stereocenters. The molecular formula is C32H38N2O5S. The van der Waals surface area contributed by atoms with E-state index in [4.69, 9.17) is 9.47 Å². The van der Waals surface area contributed by atoms with Gasteiger partial charge < -0.3 is 19.9 Å². The molecule has 3 aromatic rings. The van der Waals surface area contributed by atoms with Crippen molar-refractivity contribution in [2.75, 3.05) is 32.3 Å². The summed E-state index contributed by atoms with van der Waals surface area (Å²) in [7, 11) is 1.72. The zero-order chi connectivity index (χ0) is 28.5. The summed E-state index contributed by atoms with van der Waals surface area (Å²) in [6.45, 7) is 4.06. The van der Waals surface area contributed by atoms with Gasteiger partial charge in [-0.25, -0.2) is 4.79 Å². The highest BCUT2D eigenvalue weighted by Crippen LogP contribution is 2.31. The largest absolute Gasteiger partial charge is 0.489 e. The summed E-state index contributed by atoms with van der Waals surface area (Å²) in [5, 5.41) is 12.4. The van der Waals surface area contributed by atoms with Gasteiger partial charge in [-0.15, -0.1) is 0 Å². The third kappa shape index (κ3) is 7.65. The summed E-state index contributed by atoms with van der Waals surface area (Å²) in [6, 6.07) is 22.9. The molecule has 212 valence electrons. The average molecular weight is 563 g/mol. The quantitative estimate of drug-likeness (QED) is 0.294. The van der Waals surface area contributed by atoms with Crippen LogP contribution < -0.4 is 10.1 Å². The number of thioether (sulfide) groups is 1. The van der Waals surface area contributed by atoms with Gasteiger partial charge in [0, 0.05) is 38.2 Å². The lowest BCUT2D eigenvalue weighted by Gasteiger charge is -2.24. The standard InChI is InChI=1S/C32H38N2O5S/c1-22-9-7-8-12-27(22)29-17-23(13-14-28(29)31(35)33-30(32(36)37)15-16-40-3)19-34-20-26(18-24(34)21-38-2)39-25-10-5-4-6-11-25/h4-14,17,24,26,30H,15-16,18-21H2,1-3H3,(H,33,35)(H,36,37). The molecule has 0 aromatic heterocycles. The topological polar surface area (TPSA) is 88.1 Å². The van der Waals surface area contributed by atoms with E-state index in [9.17, 15) is 14.7 Å². The number of nitrogens with one attached hydrogen (secondary N) is 1. The number of aliphatic carboxylic acids is 1. The van der Waals surface area contributed by atoms with E-state index >= 15 is 0 Å². The molecule has 1 aliphatic rings. The van der Waals surface area contributed by atoms with E-state index in [0.29, 0.717) is 30.9 Å². The molecule has 3 unspecified atom stereocenters. The van der Waals surface area contributed by atoms with Crippen molar-refractivity contribution in [1.82, 2.24) is 10.2 Å². The molecule has 40 heavy (non-hydrogen) atoms. The van der Waals surface area contributed by atoms with E-state index in [1.54, 1.807) is 18.9 Å². The Hall–Kier alpha value is -3.33. The summed E-state index contributed by atoms with van der Waals surface area (Å²) in [4.78, 5) is 27.6. The molecule has 2 N–H and O–H groups in total. The molecule has 1 aliphatic heterocycles. The van der Waals surface area contributed by atoms with Crippen LogP contribution in [0.1, 0.15) is 34.3 Å². The number of para-hydroxylation sites is 1. The number of rotatable bonds is 13. The lowest BCUT2D eigenvalue weighted by molar-refractivity contribution is -0.139. The van der Waals surface area contributed by atoms with Crippen LogP contribution in [0.4, 0.5) is 0 Å². The molecule has 1 heterocycles. The first-order valence-electron chi connectivity index (χ1n) is 13.6. The van der Waals surface area contributed by atoms with Crippen LogP contribution in [0.3, 0.4) is 0 Å². The monoisotopic (exact) mass is 562 g/mol. The van der Waals surface area contributed by atoms with Crippen molar-refractivity contribution in [1.29, 1.82) is 0 Å². The number of carboxylic acids is 1. The third-order valence-electron chi connectivity index (χ3n) is 7.26. The predicted molar refractivity (Wildman–Crippen MR) is 160 cm³/mol. The number of carbonyl (C=O) groups excluding carboxylic acids is 1. The Balaban J connectivity index is 1.59. The second-order valence-corrected chi connectivity index (χ2v) is 11.2. The maximum atomic E-state index is 13.4. The molecule has 8 heteroatoms. The second-order valence-electron chi connectivity index (χ2n) is 10.2. The number of hydrogen-bond donors (Lipinski definition) is 2. The van der Waals surface area contributed by atoms with Crippen molar-refractivity contribution < 1.29 is 24.2 Å². The van der Waals surface area contributed by atoms with Gasteiger partial charge in [-0.1, -0.05) is 48.5 Å². The van der Waals surface area contributed by atoms with E-state index in [1.165, 1.54) is 0 Å². The van der Waals surface area contributed by atoms with Crippen molar-refractivity contribution in [3.8, 4) is 16.9 Å². The van der Waals surface area contributed by atoms with Gasteiger partial charge in [0.05, 0.1) is 6.61 Å². The first-order valence-corrected chi connectivity index (χ1v) is 14.9. The third-order valence-corrected chi connectivity index (χ3v) is 7.90. The Kier molecular flexibility index (Phi) is 10.6. The molecule has 0 saturated carbocycles. The average Bonchev–Trinajstić information content (AvgIpc) is 3.31. The van der Waals surface area contributed by atoms with Crippen LogP contribution >= 0.6 is 11.8 Å². The normalized spacial score (nSPS) is 17.9. The number of benzene rings is 3. The summed E-state index contributed by atoms with van der Waals surface area (Å²) in [6.07, 6.45) is 3.20. The Morgan fingerprint density at radius 1 is 1.07 bits per heavy atom. The van der Waals surface area contributed by atoms with Crippen molar-refractivity contribution in [2.24, 2.45) is 0 Å². The van der Waals surface area contributed by atoms with Gasteiger partial charge in [-0.3, -0.25) is 9.69 Å². The number of hydrogen-bond acceptors (Lipinski definition) is 6. The summed E-state index contributed by atoms with van der Waals surface area (Å²) in [5.41, 5.74) is 4.31. The van der Waals surface area contributed by atoms with Crippen LogP contribution in [-0.4, -0.2) is 72.3 Å². The van der Waals surface area contributed by atoms with Crippen LogP contribution in [0.2, 0.25) is 0 Å². The Bertz CT molecular complexity index is 1290. The number of carbonyl (C=O) groups is 2. The minimum Gasteiger partial charge on any atom is -0.489 e. The fraction of sp³-hybridized carbons (Fsp3) is 0.375. The summed E-state index contributed by atoms with van der Waals surface area (Å²) >= 11 is 1.56. The number of aryl methyl sites for hydroxylation is 1. The van der Waals surface area contributed by atoms with E-state index in [1.807, 2.05) is 79.9 Å². The van der Waals surface area contributed by atoms with Crippen molar-refractivity contribution in [3.63, 3.8) is 0 Å². The van der Waals surface area contributed by atoms with Gasteiger partial charge in [0.2, 0.25) is 0 Å². The van der Waals surface area contributed by atoms with Gasteiger partial charge in [-0.2, -0.15) is 11.8 Å². The molecule has 0 aliphatic carbocycles. The molecule has 0 bridgehead atoms.